The lowest BCUT2D eigenvalue weighted by molar-refractivity contribution is -0.113. The number of carbonyl (C=O) groups is 1. The number of nitrogens with zero attached hydrogens (tertiary/aromatic N) is 4. The van der Waals surface area contributed by atoms with Crippen LogP contribution in [-0.4, -0.2) is 32.2 Å². The summed E-state index contributed by atoms with van der Waals surface area (Å²) in [6.45, 7) is 2.76. The fraction of sp³-hybridized carbons (Fsp3) is 0.286. The molecule has 1 aromatic heterocycles. The Kier molecular flexibility index (Phi) is 6.30. The van der Waals surface area contributed by atoms with Gasteiger partial charge in [-0.2, -0.15) is 5.26 Å². The molecule has 0 fully saturated rings. The van der Waals surface area contributed by atoms with Crippen molar-refractivity contribution in [3.63, 3.8) is 0 Å². The Balaban J connectivity index is 1.93. The first-order chi connectivity index (χ1) is 10.7. The van der Waals surface area contributed by atoms with Gasteiger partial charge in [0.25, 0.3) is 0 Å². The summed E-state index contributed by atoms with van der Waals surface area (Å²) in [5, 5.41) is 20.1. The molecule has 0 spiro atoms. The van der Waals surface area contributed by atoms with Gasteiger partial charge in [0, 0.05) is 11.4 Å². The molecule has 0 aliphatic rings. The van der Waals surface area contributed by atoms with Crippen LogP contribution in [0.25, 0.3) is 0 Å². The summed E-state index contributed by atoms with van der Waals surface area (Å²) in [7, 11) is 0. The lowest BCUT2D eigenvalue weighted by atomic mass is 10.3. The SMILES string of the molecule is CCn1cnnc1SCC(=O)Nc1ccccc1SCC#N. The standard InChI is InChI=1S/C14H15N5OS2/c1-2-19-10-16-18-14(19)22-9-13(20)17-11-5-3-4-6-12(11)21-8-7-15/h3-6,10H,2,8-9H2,1H3,(H,17,20). The zero-order valence-corrected chi connectivity index (χ0v) is 13.7. The van der Waals surface area contributed by atoms with Crippen LogP contribution >= 0.6 is 23.5 Å². The second kappa shape index (κ2) is 8.46. The zero-order chi connectivity index (χ0) is 15.8. The highest BCUT2D eigenvalue weighted by Crippen LogP contribution is 2.27. The number of nitrogens with one attached hydrogen (secondary N) is 1. The van der Waals surface area contributed by atoms with E-state index in [-0.39, 0.29) is 11.7 Å². The van der Waals surface area contributed by atoms with Gasteiger partial charge in [0.2, 0.25) is 5.91 Å². The Morgan fingerprint density at radius 3 is 3.00 bits per heavy atom. The van der Waals surface area contributed by atoms with Crippen LogP contribution in [0.15, 0.2) is 40.6 Å². The normalized spacial score (nSPS) is 10.2. The van der Waals surface area contributed by atoms with Crippen molar-refractivity contribution >= 4 is 35.1 Å². The lowest BCUT2D eigenvalue weighted by Gasteiger charge is -2.09. The fourth-order valence-corrected chi connectivity index (χ4v) is 3.14. The van der Waals surface area contributed by atoms with Crippen LogP contribution in [0.4, 0.5) is 5.69 Å². The molecule has 0 saturated carbocycles. The molecule has 0 bridgehead atoms. The number of thioether (sulfide) groups is 2. The number of hydrogen-bond donors (Lipinski definition) is 1. The summed E-state index contributed by atoms with van der Waals surface area (Å²) >= 11 is 2.75. The number of hydrogen-bond acceptors (Lipinski definition) is 6. The second-order valence-corrected chi connectivity index (χ2v) is 6.14. The Hall–Kier alpha value is -1.98. The number of nitriles is 1. The first-order valence-corrected chi connectivity index (χ1v) is 8.61. The molecule has 8 heteroatoms. The van der Waals surface area contributed by atoms with Crippen molar-refractivity contribution < 1.29 is 4.79 Å². The third-order valence-electron chi connectivity index (χ3n) is 2.71. The number of anilines is 1. The van der Waals surface area contributed by atoms with Gasteiger partial charge in [0.05, 0.1) is 23.3 Å². The summed E-state index contributed by atoms with van der Waals surface area (Å²) in [6.07, 6.45) is 1.65. The molecular formula is C14H15N5OS2. The maximum atomic E-state index is 12.1. The van der Waals surface area contributed by atoms with Crippen molar-refractivity contribution in [1.82, 2.24) is 14.8 Å². The first kappa shape index (κ1) is 16.4. The van der Waals surface area contributed by atoms with Crippen LogP contribution in [0.3, 0.4) is 0 Å². The van der Waals surface area contributed by atoms with E-state index in [1.165, 1.54) is 23.5 Å². The van der Waals surface area contributed by atoms with E-state index in [9.17, 15) is 4.79 Å². The minimum atomic E-state index is -0.110. The molecule has 1 aromatic carbocycles. The summed E-state index contributed by atoms with van der Waals surface area (Å²) in [5.41, 5.74) is 0.727. The number of aryl methyl sites for hydroxylation is 1. The first-order valence-electron chi connectivity index (χ1n) is 6.63. The minimum Gasteiger partial charge on any atom is -0.324 e. The predicted octanol–water partition coefficient (Wildman–Crippen LogP) is 2.64. The van der Waals surface area contributed by atoms with Crippen molar-refractivity contribution in [3.8, 4) is 6.07 Å². The van der Waals surface area contributed by atoms with Gasteiger partial charge in [0.1, 0.15) is 6.33 Å². The molecule has 0 atom stereocenters. The maximum Gasteiger partial charge on any atom is 0.234 e. The topological polar surface area (TPSA) is 83.6 Å². The fourth-order valence-electron chi connectivity index (χ4n) is 1.70. The molecular weight excluding hydrogens is 318 g/mol. The van der Waals surface area contributed by atoms with E-state index >= 15 is 0 Å². The van der Waals surface area contributed by atoms with Gasteiger partial charge in [-0.1, -0.05) is 23.9 Å². The number of aromatic nitrogens is 3. The molecule has 114 valence electrons. The average Bonchev–Trinajstić information content (AvgIpc) is 2.99. The summed E-state index contributed by atoms with van der Waals surface area (Å²) < 4.78 is 1.88. The van der Waals surface area contributed by atoms with E-state index in [1.807, 2.05) is 35.8 Å². The Bertz CT molecular complexity index is 680. The molecule has 0 aliphatic carbocycles. The van der Waals surface area contributed by atoms with Crippen molar-refractivity contribution in [2.45, 2.75) is 23.5 Å². The smallest absolute Gasteiger partial charge is 0.234 e. The highest BCUT2D eigenvalue weighted by atomic mass is 32.2. The van der Waals surface area contributed by atoms with Crippen molar-refractivity contribution in [2.75, 3.05) is 16.8 Å². The van der Waals surface area contributed by atoms with Crippen molar-refractivity contribution in [2.24, 2.45) is 0 Å². The van der Waals surface area contributed by atoms with Gasteiger partial charge in [-0.25, -0.2) is 0 Å². The van der Waals surface area contributed by atoms with Crippen LogP contribution in [0.5, 0.6) is 0 Å². The van der Waals surface area contributed by atoms with Gasteiger partial charge in [-0.3, -0.25) is 4.79 Å². The molecule has 6 nitrogen and oxygen atoms in total. The lowest BCUT2D eigenvalue weighted by Crippen LogP contribution is -2.15. The summed E-state index contributed by atoms with van der Waals surface area (Å²) in [6, 6.07) is 9.54. The number of benzene rings is 1. The van der Waals surface area contributed by atoms with E-state index in [0.29, 0.717) is 5.75 Å². The van der Waals surface area contributed by atoms with Gasteiger partial charge in [-0.05, 0) is 19.1 Å². The number of carbonyl (C=O) groups excluding carboxylic acids is 1. The van der Waals surface area contributed by atoms with Gasteiger partial charge in [0.15, 0.2) is 5.16 Å². The molecule has 2 rings (SSSR count). The molecule has 0 aliphatic heterocycles. The zero-order valence-electron chi connectivity index (χ0n) is 12.0. The molecule has 22 heavy (non-hydrogen) atoms. The number of para-hydroxylation sites is 1. The molecule has 1 heterocycles. The number of amides is 1. The molecule has 1 N–H and O–H groups in total. The number of rotatable bonds is 7. The summed E-state index contributed by atoms with van der Waals surface area (Å²) in [4.78, 5) is 13.0. The summed E-state index contributed by atoms with van der Waals surface area (Å²) in [5.74, 6) is 0.498. The Morgan fingerprint density at radius 1 is 1.41 bits per heavy atom. The highest BCUT2D eigenvalue weighted by Gasteiger charge is 2.10. The average molecular weight is 333 g/mol. The quantitative estimate of drug-likeness (QED) is 0.784. The molecule has 1 amide bonds. The van der Waals surface area contributed by atoms with Gasteiger partial charge >= 0.3 is 0 Å². The van der Waals surface area contributed by atoms with Crippen molar-refractivity contribution in [1.29, 1.82) is 5.26 Å². The van der Waals surface area contributed by atoms with Gasteiger partial charge in [-0.15, -0.1) is 22.0 Å². The van der Waals surface area contributed by atoms with E-state index in [4.69, 9.17) is 5.26 Å². The van der Waals surface area contributed by atoms with Crippen LogP contribution in [0, 0.1) is 11.3 Å². The van der Waals surface area contributed by atoms with Crippen LogP contribution in [0.1, 0.15) is 6.92 Å². The van der Waals surface area contributed by atoms with Crippen LogP contribution < -0.4 is 5.32 Å². The highest BCUT2D eigenvalue weighted by molar-refractivity contribution is 8.00. The Morgan fingerprint density at radius 2 is 2.23 bits per heavy atom. The molecule has 2 aromatic rings. The monoisotopic (exact) mass is 333 g/mol. The molecule has 0 radical (unpaired) electrons. The van der Waals surface area contributed by atoms with E-state index in [2.05, 4.69) is 21.6 Å². The van der Waals surface area contributed by atoms with Crippen LogP contribution in [0.2, 0.25) is 0 Å². The Labute approximate surface area is 137 Å². The maximum absolute atomic E-state index is 12.1. The third-order valence-corrected chi connectivity index (χ3v) is 4.63. The largest absolute Gasteiger partial charge is 0.324 e. The third kappa shape index (κ3) is 4.51. The van der Waals surface area contributed by atoms with E-state index in [1.54, 1.807) is 6.33 Å². The predicted molar refractivity (Wildman–Crippen MR) is 87.8 cm³/mol. The minimum absolute atomic E-state index is 0.110. The van der Waals surface area contributed by atoms with Gasteiger partial charge < -0.3 is 9.88 Å². The molecule has 0 saturated heterocycles. The molecule has 0 unspecified atom stereocenters. The second-order valence-electron chi connectivity index (χ2n) is 4.18. The van der Waals surface area contributed by atoms with Crippen LogP contribution in [-0.2, 0) is 11.3 Å². The van der Waals surface area contributed by atoms with E-state index < -0.39 is 0 Å². The van der Waals surface area contributed by atoms with E-state index in [0.717, 1.165) is 22.3 Å². The van der Waals surface area contributed by atoms with Crippen molar-refractivity contribution in [3.05, 3.63) is 30.6 Å².